The molecule has 1 heterocycles. The minimum absolute atomic E-state index is 0.390. The SMILES string of the molecule is CC(C)=C/C=C\c1c(C(C)C)ncn1N. The molecule has 0 aliphatic rings. The highest BCUT2D eigenvalue weighted by atomic mass is 15.3. The third kappa shape index (κ3) is 2.98. The number of hydrogen-bond donors (Lipinski definition) is 1. The van der Waals surface area contributed by atoms with Gasteiger partial charge in [-0.2, -0.15) is 0 Å². The molecule has 1 aromatic heterocycles. The minimum atomic E-state index is 0.390. The molecule has 0 aromatic carbocycles. The fourth-order valence-corrected chi connectivity index (χ4v) is 1.33. The van der Waals surface area contributed by atoms with Crippen molar-refractivity contribution in [1.82, 2.24) is 9.66 Å². The molecule has 0 bridgehead atoms. The van der Waals surface area contributed by atoms with Crippen LogP contribution in [0.1, 0.15) is 45.0 Å². The fraction of sp³-hybridized carbons (Fsp3) is 0.417. The van der Waals surface area contributed by atoms with Crippen LogP contribution >= 0.6 is 0 Å². The second-order valence-corrected chi connectivity index (χ2v) is 4.18. The highest BCUT2D eigenvalue weighted by Crippen LogP contribution is 2.17. The number of nitrogens with zero attached hydrogens (tertiary/aromatic N) is 2. The van der Waals surface area contributed by atoms with Gasteiger partial charge in [-0.1, -0.05) is 31.6 Å². The van der Waals surface area contributed by atoms with Gasteiger partial charge in [0, 0.05) is 0 Å². The molecular weight excluding hydrogens is 186 g/mol. The summed E-state index contributed by atoms with van der Waals surface area (Å²) in [4.78, 5) is 4.28. The Balaban J connectivity index is 2.98. The predicted octanol–water partition coefficient (Wildman–Crippen LogP) is 2.70. The molecular formula is C12H19N3. The lowest BCUT2D eigenvalue weighted by Gasteiger charge is -2.03. The van der Waals surface area contributed by atoms with E-state index in [-0.39, 0.29) is 0 Å². The molecule has 0 radical (unpaired) electrons. The van der Waals surface area contributed by atoms with Gasteiger partial charge in [0.25, 0.3) is 0 Å². The standard InChI is InChI=1S/C12H19N3/c1-9(2)6-5-7-11-12(10(3)4)14-8-15(11)13/h5-8,10H,13H2,1-4H3/b7-5-. The maximum Gasteiger partial charge on any atom is 0.115 e. The number of nitrogen functional groups attached to an aromatic ring is 1. The van der Waals surface area contributed by atoms with Gasteiger partial charge >= 0.3 is 0 Å². The fourth-order valence-electron chi connectivity index (χ4n) is 1.33. The Labute approximate surface area is 91.3 Å². The third-order valence-electron chi connectivity index (χ3n) is 2.09. The quantitative estimate of drug-likeness (QED) is 0.609. The Morgan fingerprint density at radius 2 is 2.13 bits per heavy atom. The Morgan fingerprint density at radius 1 is 1.47 bits per heavy atom. The van der Waals surface area contributed by atoms with Gasteiger partial charge in [-0.3, -0.25) is 4.68 Å². The smallest absolute Gasteiger partial charge is 0.115 e. The molecule has 1 rings (SSSR count). The summed E-state index contributed by atoms with van der Waals surface area (Å²) < 4.78 is 1.56. The van der Waals surface area contributed by atoms with Crippen molar-refractivity contribution in [2.24, 2.45) is 0 Å². The van der Waals surface area contributed by atoms with Crippen LogP contribution in [0.5, 0.6) is 0 Å². The van der Waals surface area contributed by atoms with Gasteiger partial charge in [0.2, 0.25) is 0 Å². The van der Waals surface area contributed by atoms with E-state index >= 15 is 0 Å². The van der Waals surface area contributed by atoms with Crippen molar-refractivity contribution in [3.8, 4) is 0 Å². The van der Waals surface area contributed by atoms with E-state index in [1.54, 1.807) is 11.0 Å². The Bertz CT molecular complexity index is 380. The zero-order chi connectivity index (χ0) is 11.4. The van der Waals surface area contributed by atoms with Crippen LogP contribution in [0.4, 0.5) is 0 Å². The zero-order valence-electron chi connectivity index (χ0n) is 9.86. The second-order valence-electron chi connectivity index (χ2n) is 4.18. The Kier molecular flexibility index (Phi) is 3.72. The summed E-state index contributed by atoms with van der Waals surface area (Å²) in [5.41, 5.74) is 3.28. The molecule has 0 spiro atoms. The van der Waals surface area contributed by atoms with E-state index < -0.39 is 0 Å². The highest BCUT2D eigenvalue weighted by molar-refractivity contribution is 5.51. The van der Waals surface area contributed by atoms with Crippen LogP contribution in [0.15, 0.2) is 24.1 Å². The average Bonchev–Trinajstić information content (AvgIpc) is 2.47. The van der Waals surface area contributed by atoms with E-state index in [4.69, 9.17) is 5.84 Å². The first kappa shape index (κ1) is 11.6. The van der Waals surface area contributed by atoms with Crippen molar-refractivity contribution >= 4 is 6.08 Å². The van der Waals surface area contributed by atoms with Gasteiger partial charge in [0.15, 0.2) is 0 Å². The number of rotatable bonds is 3. The van der Waals surface area contributed by atoms with Crippen LogP contribution in [0.2, 0.25) is 0 Å². The molecule has 0 unspecified atom stereocenters. The monoisotopic (exact) mass is 205 g/mol. The van der Waals surface area contributed by atoms with E-state index in [9.17, 15) is 0 Å². The molecule has 0 saturated heterocycles. The molecule has 0 aliphatic heterocycles. The van der Waals surface area contributed by atoms with E-state index in [1.807, 2.05) is 12.2 Å². The topological polar surface area (TPSA) is 43.8 Å². The summed E-state index contributed by atoms with van der Waals surface area (Å²) in [5, 5.41) is 0. The molecule has 0 aliphatic carbocycles. The van der Waals surface area contributed by atoms with Gasteiger partial charge in [-0.15, -0.1) is 0 Å². The largest absolute Gasteiger partial charge is 0.338 e. The van der Waals surface area contributed by atoms with Gasteiger partial charge < -0.3 is 5.84 Å². The van der Waals surface area contributed by atoms with Crippen molar-refractivity contribution in [2.75, 3.05) is 5.84 Å². The molecule has 0 saturated carbocycles. The Hall–Kier alpha value is -1.51. The first-order chi connectivity index (χ1) is 7.02. The summed E-state index contributed by atoms with van der Waals surface area (Å²) in [7, 11) is 0. The van der Waals surface area contributed by atoms with E-state index in [0.717, 1.165) is 11.4 Å². The molecule has 82 valence electrons. The summed E-state index contributed by atoms with van der Waals surface area (Å²) in [6.07, 6.45) is 7.70. The van der Waals surface area contributed by atoms with E-state index in [1.165, 1.54) is 5.57 Å². The number of aromatic nitrogens is 2. The van der Waals surface area contributed by atoms with Crippen LogP contribution in [0, 0.1) is 0 Å². The molecule has 15 heavy (non-hydrogen) atoms. The molecule has 0 amide bonds. The van der Waals surface area contributed by atoms with Crippen LogP contribution in [0.3, 0.4) is 0 Å². The number of allylic oxidation sites excluding steroid dienone is 3. The van der Waals surface area contributed by atoms with Crippen LogP contribution < -0.4 is 5.84 Å². The minimum Gasteiger partial charge on any atom is -0.338 e. The van der Waals surface area contributed by atoms with Crippen LogP contribution in [-0.4, -0.2) is 9.66 Å². The summed E-state index contributed by atoms with van der Waals surface area (Å²) >= 11 is 0. The maximum atomic E-state index is 5.78. The van der Waals surface area contributed by atoms with Gasteiger partial charge in [0.1, 0.15) is 6.33 Å². The summed E-state index contributed by atoms with van der Waals surface area (Å²) in [6.45, 7) is 8.35. The first-order valence-corrected chi connectivity index (χ1v) is 5.16. The van der Waals surface area contributed by atoms with Gasteiger partial charge in [-0.25, -0.2) is 4.98 Å². The third-order valence-corrected chi connectivity index (χ3v) is 2.09. The van der Waals surface area contributed by atoms with Crippen LogP contribution in [0.25, 0.3) is 6.08 Å². The van der Waals surface area contributed by atoms with Crippen molar-refractivity contribution in [3.63, 3.8) is 0 Å². The molecule has 0 fully saturated rings. The van der Waals surface area contributed by atoms with Gasteiger partial charge in [-0.05, 0) is 25.8 Å². The summed E-state index contributed by atoms with van der Waals surface area (Å²) in [5.74, 6) is 6.17. The van der Waals surface area contributed by atoms with Crippen LogP contribution in [-0.2, 0) is 0 Å². The lowest BCUT2D eigenvalue weighted by molar-refractivity contribution is 0.827. The molecule has 3 heteroatoms. The molecule has 0 atom stereocenters. The Morgan fingerprint density at radius 3 is 2.67 bits per heavy atom. The lowest BCUT2D eigenvalue weighted by Crippen LogP contribution is -2.09. The number of imidazole rings is 1. The van der Waals surface area contributed by atoms with Crippen molar-refractivity contribution in [3.05, 3.63) is 35.4 Å². The zero-order valence-corrected chi connectivity index (χ0v) is 9.86. The summed E-state index contributed by atoms with van der Waals surface area (Å²) in [6, 6.07) is 0. The highest BCUT2D eigenvalue weighted by Gasteiger charge is 2.09. The van der Waals surface area contributed by atoms with Crippen molar-refractivity contribution in [2.45, 2.75) is 33.6 Å². The number of nitrogens with two attached hydrogens (primary N) is 1. The van der Waals surface area contributed by atoms with E-state index in [0.29, 0.717) is 5.92 Å². The van der Waals surface area contributed by atoms with Crippen molar-refractivity contribution in [1.29, 1.82) is 0 Å². The number of hydrogen-bond acceptors (Lipinski definition) is 2. The maximum absolute atomic E-state index is 5.78. The van der Waals surface area contributed by atoms with E-state index in [2.05, 4.69) is 38.8 Å². The lowest BCUT2D eigenvalue weighted by atomic mass is 10.1. The molecule has 2 N–H and O–H groups in total. The molecule has 1 aromatic rings. The van der Waals surface area contributed by atoms with Gasteiger partial charge in [0.05, 0.1) is 11.4 Å². The molecule has 3 nitrogen and oxygen atoms in total. The normalized spacial score (nSPS) is 11.3. The van der Waals surface area contributed by atoms with Crippen molar-refractivity contribution < 1.29 is 0 Å². The average molecular weight is 205 g/mol. The predicted molar refractivity (Wildman–Crippen MR) is 64.9 cm³/mol. The second kappa shape index (κ2) is 4.82. The first-order valence-electron chi connectivity index (χ1n) is 5.16.